The maximum Gasteiger partial charge on any atom is 0.339 e. The number of aromatic nitrogens is 2. The topological polar surface area (TPSA) is 81.2 Å². The van der Waals surface area contributed by atoms with Crippen molar-refractivity contribution in [2.45, 2.75) is 26.2 Å². The number of hydrogen-bond donors (Lipinski definition) is 1. The van der Waals surface area contributed by atoms with E-state index in [1.165, 1.54) is 6.07 Å². The number of ether oxygens (including phenoxy) is 1. The van der Waals surface area contributed by atoms with Crippen LogP contribution in [0.4, 0.5) is 5.82 Å². The summed E-state index contributed by atoms with van der Waals surface area (Å²) in [6, 6.07) is 8.95. The minimum absolute atomic E-state index is 0.171. The lowest BCUT2D eigenvalue weighted by molar-refractivity contribution is -0.119. The van der Waals surface area contributed by atoms with Crippen molar-refractivity contribution in [2.24, 2.45) is 0 Å². The van der Waals surface area contributed by atoms with Gasteiger partial charge in [0.15, 0.2) is 12.4 Å². The standard InChI is InChI=1S/C21H17Cl2N3O3/c1-11-14(22)9-15(23)20(24-11)26-18(27)10-29-21(28)19-12-5-2-3-7-16(12)25-17-8-4-6-13(17)19/h2-3,5,7,9H,4,6,8,10H2,1H3,(H,24,26,27). The van der Waals surface area contributed by atoms with Gasteiger partial charge in [-0.3, -0.25) is 9.78 Å². The number of anilines is 1. The predicted molar refractivity (Wildman–Crippen MR) is 112 cm³/mol. The van der Waals surface area contributed by atoms with Crippen molar-refractivity contribution in [3.63, 3.8) is 0 Å². The molecule has 0 radical (unpaired) electrons. The summed E-state index contributed by atoms with van der Waals surface area (Å²) in [6.45, 7) is 1.24. The van der Waals surface area contributed by atoms with Gasteiger partial charge < -0.3 is 10.1 Å². The number of nitrogens with zero attached hydrogens (tertiary/aromatic N) is 2. The van der Waals surface area contributed by atoms with Gasteiger partial charge in [0, 0.05) is 11.1 Å². The Kier molecular flexibility index (Phi) is 5.39. The summed E-state index contributed by atoms with van der Waals surface area (Å²) in [5.74, 6) is -0.905. The van der Waals surface area contributed by atoms with Crippen LogP contribution in [0.15, 0.2) is 30.3 Å². The van der Waals surface area contributed by atoms with Gasteiger partial charge in [0.2, 0.25) is 0 Å². The highest BCUT2D eigenvalue weighted by Crippen LogP contribution is 2.30. The summed E-state index contributed by atoms with van der Waals surface area (Å²) in [7, 11) is 0. The van der Waals surface area contributed by atoms with E-state index >= 15 is 0 Å². The third-order valence-electron chi connectivity index (χ3n) is 4.82. The number of benzene rings is 1. The third kappa shape index (κ3) is 3.91. The Bertz CT molecular complexity index is 1150. The molecule has 0 unspecified atom stereocenters. The molecule has 0 bridgehead atoms. The number of fused-ring (bicyclic) bond motifs is 2. The number of hydrogen-bond acceptors (Lipinski definition) is 5. The highest BCUT2D eigenvalue weighted by atomic mass is 35.5. The van der Waals surface area contributed by atoms with Gasteiger partial charge >= 0.3 is 5.97 Å². The molecule has 1 aromatic carbocycles. The highest BCUT2D eigenvalue weighted by molar-refractivity contribution is 6.36. The van der Waals surface area contributed by atoms with Crippen molar-refractivity contribution in [1.82, 2.24) is 9.97 Å². The van der Waals surface area contributed by atoms with Crippen molar-refractivity contribution >= 4 is 51.8 Å². The van der Waals surface area contributed by atoms with E-state index in [9.17, 15) is 9.59 Å². The Morgan fingerprint density at radius 1 is 1.14 bits per heavy atom. The summed E-state index contributed by atoms with van der Waals surface area (Å²) < 4.78 is 5.31. The highest BCUT2D eigenvalue weighted by Gasteiger charge is 2.25. The lowest BCUT2D eigenvalue weighted by Crippen LogP contribution is -2.22. The average molecular weight is 430 g/mol. The van der Waals surface area contributed by atoms with Gasteiger partial charge in [0.1, 0.15) is 0 Å². The Hall–Kier alpha value is -2.70. The van der Waals surface area contributed by atoms with Crippen LogP contribution in [0.5, 0.6) is 0 Å². The van der Waals surface area contributed by atoms with Crippen molar-refractivity contribution < 1.29 is 14.3 Å². The molecule has 2 aromatic heterocycles. The second kappa shape index (κ2) is 7.97. The molecule has 0 aliphatic heterocycles. The van der Waals surface area contributed by atoms with E-state index in [0.717, 1.165) is 41.4 Å². The summed E-state index contributed by atoms with van der Waals surface area (Å²) in [6.07, 6.45) is 2.55. The normalized spacial score (nSPS) is 12.7. The first-order valence-electron chi connectivity index (χ1n) is 9.14. The summed E-state index contributed by atoms with van der Waals surface area (Å²) >= 11 is 12.0. The molecule has 1 amide bonds. The van der Waals surface area contributed by atoms with Crippen molar-refractivity contribution in [2.75, 3.05) is 11.9 Å². The quantitative estimate of drug-likeness (QED) is 0.616. The van der Waals surface area contributed by atoms with Gasteiger partial charge in [-0.05, 0) is 43.9 Å². The summed E-state index contributed by atoms with van der Waals surface area (Å²) in [5.41, 5.74) is 3.61. The fourth-order valence-electron chi connectivity index (χ4n) is 3.46. The van der Waals surface area contributed by atoms with Gasteiger partial charge in [0.05, 0.1) is 26.8 Å². The van der Waals surface area contributed by atoms with E-state index in [1.807, 2.05) is 24.3 Å². The van der Waals surface area contributed by atoms with Gasteiger partial charge in [-0.1, -0.05) is 41.4 Å². The molecule has 1 aliphatic rings. The molecule has 148 valence electrons. The molecule has 8 heteroatoms. The third-order valence-corrected chi connectivity index (χ3v) is 5.49. The summed E-state index contributed by atoms with van der Waals surface area (Å²) in [4.78, 5) is 33.9. The zero-order valence-corrected chi connectivity index (χ0v) is 17.1. The van der Waals surface area contributed by atoms with Gasteiger partial charge in [-0.2, -0.15) is 0 Å². The monoisotopic (exact) mass is 429 g/mol. The second-order valence-corrected chi connectivity index (χ2v) is 7.61. The maximum atomic E-state index is 12.9. The number of rotatable bonds is 4. The van der Waals surface area contributed by atoms with Crippen LogP contribution in [0.1, 0.15) is 33.7 Å². The second-order valence-electron chi connectivity index (χ2n) is 6.79. The number of nitrogens with one attached hydrogen (secondary N) is 1. The fourth-order valence-corrected chi connectivity index (χ4v) is 3.87. The molecule has 6 nitrogen and oxygen atoms in total. The lowest BCUT2D eigenvalue weighted by Gasteiger charge is -2.12. The van der Waals surface area contributed by atoms with Crippen molar-refractivity contribution in [1.29, 1.82) is 0 Å². The smallest absolute Gasteiger partial charge is 0.339 e. The zero-order valence-electron chi connectivity index (χ0n) is 15.6. The van der Waals surface area contributed by atoms with Crippen LogP contribution >= 0.6 is 23.2 Å². The fraction of sp³-hybridized carbons (Fsp3) is 0.238. The molecule has 1 aliphatic carbocycles. The molecule has 0 fully saturated rings. The number of esters is 1. The van der Waals surface area contributed by atoms with Gasteiger partial charge in [-0.25, -0.2) is 9.78 Å². The predicted octanol–water partition coefficient (Wildman–Crippen LogP) is 4.53. The first-order chi connectivity index (χ1) is 13.9. The minimum atomic E-state index is -0.539. The molecule has 0 atom stereocenters. The molecule has 0 saturated heterocycles. The number of carbonyl (C=O) groups excluding carboxylic acids is 2. The van der Waals surface area contributed by atoms with Crippen LogP contribution in [-0.2, 0) is 22.4 Å². The van der Waals surface area contributed by atoms with E-state index in [1.54, 1.807) is 6.92 Å². The number of amides is 1. The molecule has 3 aromatic rings. The number of halogens is 2. The van der Waals surface area contributed by atoms with E-state index in [2.05, 4.69) is 15.3 Å². The number of carbonyl (C=O) groups is 2. The first-order valence-corrected chi connectivity index (χ1v) is 9.89. The molecule has 0 spiro atoms. The van der Waals surface area contributed by atoms with Crippen molar-refractivity contribution in [3.05, 3.63) is 62.9 Å². The Labute approximate surface area is 177 Å². The van der Waals surface area contributed by atoms with Gasteiger partial charge in [-0.15, -0.1) is 0 Å². The molecule has 4 rings (SSSR count). The lowest BCUT2D eigenvalue weighted by atomic mass is 10.0. The first kappa shape index (κ1) is 19.6. The number of pyridine rings is 2. The Morgan fingerprint density at radius 2 is 1.93 bits per heavy atom. The van der Waals surface area contributed by atoms with Crippen LogP contribution < -0.4 is 5.32 Å². The van der Waals surface area contributed by atoms with E-state index in [-0.39, 0.29) is 10.8 Å². The zero-order chi connectivity index (χ0) is 20.5. The Morgan fingerprint density at radius 3 is 2.76 bits per heavy atom. The van der Waals surface area contributed by atoms with Crippen LogP contribution in [-0.4, -0.2) is 28.5 Å². The summed E-state index contributed by atoms with van der Waals surface area (Å²) in [5, 5.41) is 3.88. The maximum absolute atomic E-state index is 12.9. The molecule has 1 N–H and O–H groups in total. The molecule has 0 saturated carbocycles. The SMILES string of the molecule is Cc1nc(NC(=O)COC(=O)c2c3c(nc4ccccc24)CCC3)c(Cl)cc1Cl. The minimum Gasteiger partial charge on any atom is -0.452 e. The Balaban J connectivity index is 1.52. The van der Waals surface area contributed by atoms with Crippen molar-refractivity contribution in [3.8, 4) is 0 Å². The van der Waals surface area contributed by atoms with Crippen LogP contribution in [0.3, 0.4) is 0 Å². The van der Waals surface area contributed by atoms with Crippen LogP contribution in [0.25, 0.3) is 10.9 Å². The van der Waals surface area contributed by atoms with E-state index in [4.69, 9.17) is 27.9 Å². The van der Waals surface area contributed by atoms with Crippen LogP contribution in [0.2, 0.25) is 10.0 Å². The van der Waals surface area contributed by atoms with Gasteiger partial charge in [0.25, 0.3) is 5.91 Å². The molecule has 2 heterocycles. The van der Waals surface area contributed by atoms with E-state index < -0.39 is 18.5 Å². The average Bonchev–Trinajstić information content (AvgIpc) is 3.16. The molecule has 29 heavy (non-hydrogen) atoms. The van der Waals surface area contributed by atoms with E-state index in [0.29, 0.717) is 16.3 Å². The molecular formula is C21H17Cl2N3O3. The van der Waals surface area contributed by atoms with Crippen LogP contribution in [0, 0.1) is 6.92 Å². The molecular weight excluding hydrogens is 413 g/mol. The number of para-hydroxylation sites is 1. The number of aryl methyl sites for hydroxylation is 2. The largest absolute Gasteiger partial charge is 0.452 e.